The number of methoxy groups -OCH3 is 2. The van der Waals surface area contributed by atoms with Crippen molar-refractivity contribution in [3.63, 3.8) is 0 Å². The molecule has 0 saturated carbocycles. The lowest BCUT2D eigenvalue weighted by Crippen LogP contribution is -2.36. The number of esters is 1. The number of nitrogens with zero attached hydrogens (tertiary/aromatic N) is 1. The number of ether oxygens (including phenoxy) is 2. The zero-order valence-electron chi connectivity index (χ0n) is 9.70. The molecule has 0 spiro atoms. The number of hydrogen-bond acceptors (Lipinski definition) is 4. The van der Waals surface area contributed by atoms with E-state index in [4.69, 9.17) is 4.74 Å². The Hall–Kier alpha value is -0.610. The summed E-state index contributed by atoms with van der Waals surface area (Å²) in [5.74, 6) is 0.582. The molecule has 4 heteroatoms. The van der Waals surface area contributed by atoms with Gasteiger partial charge in [0.25, 0.3) is 0 Å². The fourth-order valence-electron chi connectivity index (χ4n) is 1.96. The zero-order valence-corrected chi connectivity index (χ0v) is 9.70. The molecule has 88 valence electrons. The van der Waals surface area contributed by atoms with Crippen LogP contribution < -0.4 is 0 Å². The summed E-state index contributed by atoms with van der Waals surface area (Å²) >= 11 is 0. The average Bonchev–Trinajstić information content (AvgIpc) is 2.28. The topological polar surface area (TPSA) is 38.8 Å². The van der Waals surface area contributed by atoms with Crippen LogP contribution in [-0.4, -0.2) is 51.3 Å². The van der Waals surface area contributed by atoms with E-state index in [1.807, 2.05) is 0 Å². The Morgan fingerprint density at radius 1 is 1.33 bits per heavy atom. The molecule has 15 heavy (non-hydrogen) atoms. The summed E-state index contributed by atoms with van der Waals surface area (Å²) < 4.78 is 9.75. The standard InChI is InChI=1S/C11H21NO3/c1-14-9-10-3-6-12(7-4-10)8-5-11(13)15-2/h10H,3-9H2,1-2H3. The first kappa shape index (κ1) is 12.5. The smallest absolute Gasteiger partial charge is 0.306 e. The van der Waals surface area contributed by atoms with Gasteiger partial charge in [-0.25, -0.2) is 0 Å². The fourth-order valence-corrected chi connectivity index (χ4v) is 1.96. The Morgan fingerprint density at radius 3 is 2.53 bits per heavy atom. The van der Waals surface area contributed by atoms with Crippen LogP contribution in [0, 0.1) is 5.92 Å². The van der Waals surface area contributed by atoms with Crippen LogP contribution in [0.15, 0.2) is 0 Å². The van der Waals surface area contributed by atoms with Crippen molar-refractivity contribution in [2.24, 2.45) is 5.92 Å². The van der Waals surface area contributed by atoms with Gasteiger partial charge in [0.05, 0.1) is 13.5 Å². The lowest BCUT2D eigenvalue weighted by molar-refractivity contribution is -0.141. The van der Waals surface area contributed by atoms with E-state index in [-0.39, 0.29) is 5.97 Å². The van der Waals surface area contributed by atoms with Gasteiger partial charge >= 0.3 is 5.97 Å². The molecule has 1 saturated heterocycles. The molecule has 0 aromatic heterocycles. The van der Waals surface area contributed by atoms with Crippen LogP contribution in [0.3, 0.4) is 0 Å². The van der Waals surface area contributed by atoms with Gasteiger partial charge in [0.1, 0.15) is 0 Å². The number of carbonyl (C=O) groups is 1. The van der Waals surface area contributed by atoms with Crippen molar-refractivity contribution in [1.82, 2.24) is 4.90 Å². The molecule has 0 amide bonds. The van der Waals surface area contributed by atoms with Gasteiger partial charge in [-0.15, -0.1) is 0 Å². The second-order valence-electron chi connectivity index (χ2n) is 4.07. The van der Waals surface area contributed by atoms with Crippen molar-refractivity contribution in [3.05, 3.63) is 0 Å². The van der Waals surface area contributed by atoms with Crippen molar-refractivity contribution >= 4 is 5.97 Å². The molecule has 1 aliphatic rings. The van der Waals surface area contributed by atoms with Gasteiger partial charge < -0.3 is 14.4 Å². The summed E-state index contributed by atoms with van der Waals surface area (Å²) in [7, 11) is 3.19. The molecule has 0 atom stereocenters. The first-order valence-electron chi connectivity index (χ1n) is 5.54. The zero-order chi connectivity index (χ0) is 11.1. The molecule has 0 radical (unpaired) electrons. The Kier molecular flexibility index (Phi) is 5.65. The van der Waals surface area contributed by atoms with E-state index in [0.717, 1.165) is 26.2 Å². The number of rotatable bonds is 5. The maximum absolute atomic E-state index is 11.0. The van der Waals surface area contributed by atoms with Crippen molar-refractivity contribution in [3.8, 4) is 0 Å². The molecule has 0 aliphatic carbocycles. The minimum absolute atomic E-state index is 0.117. The summed E-state index contributed by atoms with van der Waals surface area (Å²) in [6.07, 6.45) is 2.86. The van der Waals surface area contributed by atoms with E-state index in [9.17, 15) is 4.79 Å². The summed E-state index contributed by atoms with van der Waals surface area (Å²) in [5, 5.41) is 0. The molecule has 0 aromatic rings. The summed E-state index contributed by atoms with van der Waals surface area (Å²) in [5.41, 5.74) is 0. The van der Waals surface area contributed by atoms with Crippen molar-refractivity contribution in [2.45, 2.75) is 19.3 Å². The van der Waals surface area contributed by atoms with E-state index in [1.165, 1.54) is 20.0 Å². The molecule has 0 aromatic carbocycles. The van der Waals surface area contributed by atoms with Crippen molar-refractivity contribution in [2.75, 3.05) is 40.5 Å². The Labute approximate surface area is 91.5 Å². The third-order valence-electron chi connectivity index (χ3n) is 2.97. The third-order valence-corrected chi connectivity index (χ3v) is 2.97. The molecule has 4 nitrogen and oxygen atoms in total. The SMILES string of the molecule is COCC1CCN(CCC(=O)OC)CC1. The molecular formula is C11H21NO3. The summed E-state index contributed by atoms with van der Waals surface area (Å²) in [4.78, 5) is 13.3. The summed E-state index contributed by atoms with van der Waals surface area (Å²) in [6, 6.07) is 0. The second kappa shape index (κ2) is 6.80. The average molecular weight is 215 g/mol. The van der Waals surface area contributed by atoms with E-state index < -0.39 is 0 Å². The first-order valence-corrected chi connectivity index (χ1v) is 5.54. The Balaban J connectivity index is 2.12. The van der Waals surface area contributed by atoms with Crippen LogP contribution in [0.25, 0.3) is 0 Å². The van der Waals surface area contributed by atoms with Crippen LogP contribution in [-0.2, 0) is 14.3 Å². The number of likely N-dealkylation sites (tertiary alicyclic amines) is 1. The molecule has 1 fully saturated rings. The quantitative estimate of drug-likeness (QED) is 0.639. The number of carbonyl (C=O) groups excluding carboxylic acids is 1. The number of piperidine rings is 1. The van der Waals surface area contributed by atoms with E-state index >= 15 is 0 Å². The van der Waals surface area contributed by atoms with Gasteiger partial charge in [-0.05, 0) is 31.8 Å². The maximum atomic E-state index is 11.0. The van der Waals surface area contributed by atoms with Crippen LogP contribution in [0.5, 0.6) is 0 Å². The minimum Gasteiger partial charge on any atom is -0.469 e. The van der Waals surface area contributed by atoms with Crippen molar-refractivity contribution < 1.29 is 14.3 Å². The Morgan fingerprint density at radius 2 is 2.00 bits per heavy atom. The highest BCUT2D eigenvalue weighted by molar-refractivity contribution is 5.69. The van der Waals surface area contributed by atoms with Crippen LogP contribution in [0.1, 0.15) is 19.3 Å². The second-order valence-corrected chi connectivity index (χ2v) is 4.07. The van der Waals surface area contributed by atoms with Gasteiger partial charge in [0.2, 0.25) is 0 Å². The Bertz CT molecular complexity index is 188. The van der Waals surface area contributed by atoms with Gasteiger partial charge in [-0.1, -0.05) is 0 Å². The van der Waals surface area contributed by atoms with E-state index in [2.05, 4.69) is 9.64 Å². The highest BCUT2D eigenvalue weighted by atomic mass is 16.5. The molecule has 0 N–H and O–H groups in total. The van der Waals surface area contributed by atoms with Gasteiger partial charge in [0.15, 0.2) is 0 Å². The van der Waals surface area contributed by atoms with Crippen molar-refractivity contribution in [1.29, 1.82) is 0 Å². The highest BCUT2D eigenvalue weighted by Crippen LogP contribution is 2.17. The van der Waals surface area contributed by atoms with Gasteiger partial charge in [-0.2, -0.15) is 0 Å². The fraction of sp³-hybridized carbons (Fsp3) is 0.909. The van der Waals surface area contributed by atoms with Gasteiger partial charge in [0, 0.05) is 20.3 Å². The first-order chi connectivity index (χ1) is 7.26. The molecule has 1 heterocycles. The lowest BCUT2D eigenvalue weighted by atomic mass is 9.98. The predicted molar refractivity (Wildman–Crippen MR) is 57.7 cm³/mol. The molecular weight excluding hydrogens is 194 g/mol. The van der Waals surface area contributed by atoms with E-state index in [0.29, 0.717) is 12.3 Å². The predicted octanol–water partition coefficient (Wildman–Crippen LogP) is 0.908. The molecule has 0 bridgehead atoms. The maximum Gasteiger partial charge on any atom is 0.306 e. The number of hydrogen-bond donors (Lipinski definition) is 0. The van der Waals surface area contributed by atoms with E-state index in [1.54, 1.807) is 7.11 Å². The molecule has 0 unspecified atom stereocenters. The minimum atomic E-state index is -0.117. The van der Waals surface area contributed by atoms with Crippen LogP contribution in [0.2, 0.25) is 0 Å². The van der Waals surface area contributed by atoms with Gasteiger partial charge in [-0.3, -0.25) is 4.79 Å². The molecule has 1 rings (SSSR count). The normalized spacial score (nSPS) is 19.1. The summed E-state index contributed by atoms with van der Waals surface area (Å²) in [6.45, 7) is 3.84. The largest absolute Gasteiger partial charge is 0.469 e. The van der Waals surface area contributed by atoms with Crippen LogP contribution >= 0.6 is 0 Å². The van der Waals surface area contributed by atoms with Crippen LogP contribution in [0.4, 0.5) is 0 Å². The monoisotopic (exact) mass is 215 g/mol. The lowest BCUT2D eigenvalue weighted by Gasteiger charge is -2.31. The molecule has 1 aliphatic heterocycles. The highest BCUT2D eigenvalue weighted by Gasteiger charge is 2.19. The third kappa shape index (κ3) is 4.62.